The van der Waals surface area contributed by atoms with Crippen LogP contribution in [0.3, 0.4) is 0 Å². The fraction of sp³-hybridized carbons (Fsp3) is 0.533. The van der Waals surface area contributed by atoms with E-state index in [-0.39, 0.29) is 12.0 Å². The van der Waals surface area contributed by atoms with E-state index in [0.717, 1.165) is 17.7 Å². The maximum absolute atomic E-state index is 12.1. The van der Waals surface area contributed by atoms with Crippen molar-refractivity contribution in [1.29, 1.82) is 0 Å². The van der Waals surface area contributed by atoms with Crippen LogP contribution in [0, 0.1) is 0 Å². The molecule has 19 heavy (non-hydrogen) atoms. The number of rotatable bonds is 5. The van der Waals surface area contributed by atoms with E-state index in [1.54, 1.807) is 4.90 Å². The van der Waals surface area contributed by atoms with Crippen LogP contribution in [0.5, 0.6) is 5.75 Å². The van der Waals surface area contributed by atoms with Gasteiger partial charge in [-0.1, -0.05) is 19.1 Å². The summed E-state index contributed by atoms with van der Waals surface area (Å²) < 4.78 is 5.56. The second-order valence-electron chi connectivity index (χ2n) is 4.95. The second kappa shape index (κ2) is 6.57. The van der Waals surface area contributed by atoms with Gasteiger partial charge in [-0.05, 0) is 30.5 Å². The maximum atomic E-state index is 12.1. The Morgan fingerprint density at radius 3 is 3.05 bits per heavy atom. The molecule has 0 saturated carbocycles. The van der Waals surface area contributed by atoms with E-state index < -0.39 is 0 Å². The van der Waals surface area contributed by atoms with Crippen LogP contribution >= 0.6 is 0 Å². The number of aliphatic hydroxyl groups is 1. The Morgan fingerprint density at radius 2 is 2.37 bits per heavy atom. The first kappa shape index (κ1) is 13.9. The number of aliphatic hydroxyl groups excluding tert-OH is 1. The van der Waals surface area contributed by atoms with Crippen LogP contribution in [-0.4, -0.2) is 41.7 Å². The summed E-state index contributed by atoms with van der Waals surface area (Å²) in [4.78, 5) is 13.8. The van der Waals surface area contributed by atoms with Crippen molar-refractivity contribution in [3.63, 3.8) is 0 Å². The lowest BCUT2D eigenvalue weighted by atomic mass is 10.1. The summed E-state index contributed by atoms with van der Waals surface area (Å²) in [7, 11) is 0. The molecule has 0 aromatic heterocycles. The van der Waals surface area contributed by atoms with E-state index in [1.807, 2.05) is 24.3 Å². The Morgan fingerprint density at radius 1 is 1.53 bits per heavy atom. The SMILES string of the molecule is CCCOc1cccc(CC(=O)N2CC[C@@H](O)C2)c1. The molecule has 0 aliphatic carbocycles. The van der Waals surface area contributed by atoms with Gasteiger partial charge in [0.15, 0.2) is 0 Å². The number of carbonyl (C=O) groups is 1. The average molecular weight is 263 g/mol. The molecule has 1 aliphatic heterocycles. The van der Waals surface area contributed by atoms with E-state index >= 15 is 0 Å². The quantitative estimate of drug-likeness (QED) is 0.878. The predicted molar refractivity (Wildman–Crippen MR) is 73.1 cm³/mol. The molecule has 4 heteroatoms. The first-order valence-electron chi connectivity index (χ1n) is 6.86. The van der Waals surface area contributed by atoms with Crippen LogP contribution in [0.25, 0.3) is 0 Å². The molecule has 1 heterocycles. The van der Waals surface area contributed by atoms with Gasteiger partial charge < -0.3 is 14.7 Å². The monoisotopic (exact) mass is 263 g/mol. The summed E-state index contributed by atoms with van der Waals surface area (Å²) in [5.41, 5.74) is 0.958. The smallest absolute Gasteiger partial charge is 0.227 e. The van der Waals surface area contributed by atoms with Gasteiger partial charge >= 0.3 is 0 Å². The van der Waals surface area contributed by atoms with Gasteiger partial charge in [-0.2, -0.15) is 0 Å². The summed E-state index contributed by atoms with van der Waals surface area (Å²) in [6.45, 7) is 3.87. The molecule has 1 aromatic rings. The first-order valence-corrected chi connectivity index (χ1v) is 6.86. The van der Waals surface area contributed by atoms with E-state index in [4.69, 9.17) is 4.74 Å². The highest BCUT2D eigenvalue weighted by Crippen LogP contribution is 2.16. The largest absolute Gasteiger partial charge is 0.494 e. The fourth-order valence-electron chi connectivity index (χ4n) is 2.22. The molecule has 4 nitrogen and oxygen atoms in total. The lowest BCUT2D eigenvalue weighted by Gasteiger charge is -2.15. The van der Waals surface area contributed by atoms with Crippen LogP contribution in [0.1, 0.15) is 25.3 Å². The number of amides is 1. The van der Waals surface area contributed by atoms with Crippen molar-refractivity contribution in [2.24, 2.45) is 0 Å². The Labute approximate surface area is 114 Å². The number of hydrogen-bond acceptors (Lipinski definition) is 3. The zero-order valence-corrected chi connectivity index (χ0v) is 11.3. The number of nitrogens with zero attached hydrogens (tertiary/aromatic N) is 1. The van der Waals surface area contributed by atoms with Crippen LogP contribution in [0.15, 0.2) is 24.3 Å². The molecular weight excluding hydrogens is 242 g/mol. The van der Waals surface area contributed by atoms with Crippen LogP contribution in [0.2, 0.25) is 0 Å². The minimum absolute atomic E-state index is 0.0733. The minimum atomic E-state index is -0.358. The van der Waals surface area contributed by atoms with Crippen LogP contribution in [-0.2, 0) is 11.2 Å². The molecule has 1 aliphatic rings. The number of ether oxygens (including phenoxy) is 1. The summed E-state index contributed by atoms with van der Waals surface area (Å²) in [5.74, 6) is 0.887. The number of carbonyl (C=O) groups excluding carboxylic acids is 1. The standard InChI is InChI=1S/C15H21NO3/c1-2-8-19-14-5-3-4-12(9-14)10-15(18)16-7-6-13(17)11-16/h3-5,9,13,17H,2,6-8,10-11H2,1H3/t13-/m1/s1. The number of β-amino-alcohol motifs (C(OH)–C–C–N with tert-alkyl or cyclic N) is 1. The third-order valence-electron chi connectivity index (χ3n) is 3.24. The van der Waals surface area contributed by atoms with Gasteiger partial charge in [-0.15, -0.1) is 0 Å². The molecular formula is C15H21NO3. The Bertz CT molecular complexity index is 433. The van der Waals surface area contributed by atoms with E-state index in [1.165, 1.54) is 0 Å². The average Bonchev–Trinajstić information content (AvgIpc) is 2.83. The number of benzene rings is 1. The van der Waals surface area contributed by atoms with E-state index in [0.29, 0.717) is 32.5 Å². The summed E-state index contributed by atoms with van der Waals surface area (Å²) in [6, 6.07) is 7.67. The van der Waals surface area contributed by atoms with Gasteiger partial charge in [0.05, 0.1) is 19.1 Å². The summed E-state index contributed by atoms with van der Waals surface area (Å²) in [6.07, 6.45) is 1.67. The van der Waals surface area contributed by atoms with Crippen molar-refractivity contribution in [3.8, 4) is 5.75 Å². The van der Waals surface area contributed by atoms with Crippen molar-refractivity contribution in [3.05, 3.63) is 29.8 Å². The number of likely N-dealkylation sites (tertiary alicyclic amines) is 1. The molecule has 2 rings (SSSR count). The van der Waals surface area contributed by atoms with Crippen molar-refractivity contribution < 1.29 is 14.6 Å². The summed E-state index contributed by atoms with van der Waals surface area (Å²) in [5, 5.41) is 9.44. The molecule has 1 fully saturated rings. The van der Waals surface area contributed by atoms with Gasteiger partial charge in [0, 0.05) is 13.1 Å². The van der Waals surface area contributed by atoms with Crippen molar-refractivity contribution in [1.82, 2.24) is 4.90 Å². The van der Waals surface area contributed by atoms with Gasteiger partial charge in [-0.3, -0.25) is 4.79 Å². The molecule has 0 radical (unpaired) electrons. The minimum Gasteiger partial charge on any atom is -0.494 e. The lowest BCUT2D eigenvalue weighted by molar-refractivity contribution is -0.129. The topological polar surface area (TPSA) is 49.8 Å². The van der Waals surface area contributed by atoms with Gasteiger partial charge in [0.2, 0.25) is 5.91 Å². The molecule has 0 spiro atoms. The first-order chi connectivity index (χ1) is 9.19. The molecule has 1 saturated heterocycles. The molecule has 1 amide bonds. The van der Waals surface area contributed by atoms with E-state index in [2.05, 4.69) is 6.92 Å². The summed E-state index contributed by atoms with van der Waals surface area (Å²) >= 11 is 0. The van der Waals surface area contributed by atoms with Crippen molar-refractivity contribution in [2.45, 2.75) is 32.3 Å². The van der Waals surface area contributed by atoms with Gasteiger partial charge in [0.1, 0.15) is 5.75 Å². The second-order valence-corrected chi connectivity index (χ2v) is 4.95. The third-order valence-corrected chi connectivity index (χ3v) is 3.24. The Kier molecular flexibility index (Phi) is 4.80. The van der Waals surface area contributed by atoms with Crippen molar-refractivity contribution in [2.75, 3.05) is 19.7 Å². The molecule has 104 valence electrons. The highest BCUT2D eigenvalue weighted by molar-refractivity contribution is 5.79. The lowest BCUT2D eigenvalue weighted by Crippen LogP contribution is -2.30. The fourth-order valence-corrected chi connectivity index (χ4v) is 2.22. The molecule has 0 unspecified atom stereocenters. The normalized spacial score (nSPS) is 18.6. The maximum Gasteiger partial charge on any atom is 0.227 e. The van der Waals surface area contributed by atoms with Gasteiger partial charge in [0.25, 0.3) is 0 Å². The highest BCUT2D eigenvalue weighted by atomic mass is 16.5. The molecule has 1 aromatic carbocycles. The van der Waals surface area contributed by atoms with Crippen LogP contribution in [0.4, 0.5) is 0 Å². The highest BCUT2D eigenvalue weighted by Gasteiger charge is 2.24. The van der Waals surface area contributed by atoms with Crippen LogP contribution < -0.4 is 4.74 Å². The molecule has 1 N–H and O–H groups in total. The Hall–Kier alpha value is -1.55. The molecule has 0 bridgehead atoms. The van der Waals surface area contributed by atoms with Crippen molar-refractivity contribution >= 4 is 5.91 Å². The zero-order valence-electron chi connectivity index (χ0n) is 11.3. The predicted octanol–water partition coefficient (Wildman–Crippen LogP) is 1.61. The third kappa shape index (κ3) is 3.96. The van der Waals surface area contributed by atoms with E-state index in [9.17, 15) is 9.90 Å². The number of hydrogen-bond donors (Lipinski definition) is 1. The zero-order chi connectivity index (χ0) is 13.7. The Balaban J connectivity index is 1.93. The van der Waals surface area contributed by atoms with Gasteiger partial charge in [-0.25, -0.2) is 0 Å². The molecule has 1 atom stereocenters.